The number of hydrogen-bond donors (Lipinski definition) is 1. The molecule has 3 heteroatoms. The first-order valence-electron chi connectivity index (χ1n) is 5.86. The van der Waals surface area contributed by atoms with E-state index in [0.29, 0.717) is 13.0 Å². The highest BCUT2D eigenvalue weighted by atomic mass is 16.1. The monoisotopic (exact) mass is 228 g/mol. The molecular formula is C14H16N2O. The molecule has 2 rings (SSSR count). The van der Waals surface area contributed by atoms with Crippen LogP contribution in [0.4, 0.5) is 0 Å². The van der Waals surface area contributed by atoms with E-state index in [1.165, 1.54) is 0 Å². The van der Waals surface area contributed by atoms with E-state index in [1.54, 1.807) is 6.20 Å². The Morgan fingerprint density at radius 1 is 1.29 bits per heavy atom. The van der Waals surface area contributed by atoms with Gasteiger partial charge in [-0.15, -0.1) is 0 Å². The third kappa shape index (κ3) is 2.88. The van der Waals surface area contributed by atoms with E-state index in [-0.39, 0.29) is 5.78 Å². The van der Waals surface area contributed by atoms with E-state index in [0.717, 1.165) is 23.0 Å². The van der Waals surface area contributed by atoms with Crippen molar-refractivity contribution < 1.29 is 4.79 Å². The van der Waals surface area contributed by atoms with Crippen molar-refractivity contribution in [2.75, 3.05) is 13.1 Å². The highest BCUT2D eigenvalue weighted by molar-refractivity contribution is 5.89. The Bertz CT molecular complexity index is 517. The van der Waals surface area contributed by atoms with Gasteiger partial charge in [0.1, 0.15) is 0 Å². The van der Waals surface area contributed by atoms with Crippen molar-refractivity contribution in [2.45, 2.75) is 13.3 Å². The van der Waals surface area contributed by atoms with Gasteiger partial charge in [-0.25, -0.2) is 0 Å². The normalized spacial score (nSPS) is 10.6. The number of fused-ring (bicyclic) bond motifs is 1. The molecule has 1 aromatic carbocycles. The number of rotatable bonds is 5. The first-order chi connectivity index (χ1) is 8.31. The average Bonchev–Trinajstić information content (AvgIpc) is 2.37. The molecule has 1 N–H and O–H groups in total. The van der Waals surface area contributed by atoms with Gasteiger partial charge in [0.15, 0.2) is 5.78 Å². The van der Waals surface area contributed by atoms with E-state index < -0.39 is 0 Å². The van der Waals surface area contributed by atoms with Crippen molar-refractivity contribution in [1.82, 2.24) is 10.3 Å². The van der Waals surface area contributed by atoms with Crippen molar-refractivity contribution >= 4 is 16.7 Å². The average molecular weight is 228 g/mol. The molecule has 0 amide bonds. The van der Waals surface area contributed by atoms with Gasteiger partial charge in [0.05, 0.1) is 12.1 Å². The molecule has 88 valence electrons. The van der Waals surface area contributed by atoms with Crippen LogP contribution in [0.3, 0.4) is 0 Å². The molecule has 1 heterocycles. The lowest BCUT2D eigenvalue weighted by molar-refractivity contribution is -0.117. The number of pyridine rings is 1. The van der Waals surface area contributed by atoms with Gasteiger partial charge >= 0.3 is 0 Å². The van der Waals surface area contributed by atoms with Gasteiger partial charge in [-0.3, -0.25) is 9.78 Å². The number of ketones is 1. The lowest BCUT2D eigenvalue weighted by Gasteiger charge is -2.05. The van der Waals surface area contributed by atoms with E-state index in [4.69, 9.17) is 0 Å². The van der Waals surface area contributed by atoms with Crippen molar-refractivity contribution in [3.05, 3.63) is 42.1 Å². The van der Waals surface area contributed by atoms with Gasteiger partial charge in [-0.05, 0) is 24.2 Å². The van der Waals surface area contributed by atoms with Gasteiger partial charge in [-0.1, -0.05) is 25.1 Å². The number of Topliss-reactive ketones (excluding diaryl/α,β-unsaturated/α-hetero) is 1. The van der Waals surface area contributed by atoms with Crippen LogP contribution in [0.15, 0.2) is 36.5 Å². The highest BCUT2D eigenvalue weighted by Gasteiger charge is 2.06. The van der Waals surface area contributed by atoms with Crippen LogP contribution < -0.4 is 5.32 Å². The Hall–Kier alpha value is -1.74. The zero-order chi connectivity index (χ0) is 12.1. The minimum atomic E-state index is 0.211. The standard InChI is InChI=1S/C14H16N2O/c1-2-15-10-12(17)9-11-7-8-16-14-6-4-3-5-13(11)14/h3-8,15H,2,9-10H2,1H3. The number of aromatic nitrogens is 1. The molecule has 0 aliphatic rings. The fraction of sp³-hybridized carbons (Fsp3) is 0.286. The van der Waals surface area contributed by atoms with Crippen molar-refractivity contribution in [1.29, 1.82) is 0 Å². The minimum absolute atomic E-state index is 0.211. The van der Waals surface area contributed by atoms with E-state index in [9.17, 15) is 4.79 Å². The molecule has 0 spiro atoms. The molecule has 17 heavy (non-hydrogen) atoms. The number of para-hydroxylation sites is 1. The van der Waals surface area contributed by atoms with Crippen LogP contribution in [0.1, 0.15) is 12.5 Å². The number of carbonyl (C=O) groups excluding carboxylic acids is 1. The first-order valence-corrected chi connectivity index (χ1v) is 5.86. The van der Waals surface area contributed by atoms with Gasteiger partial charge in [0.25, 0.3) is 0 Å². The van der Waals surface area contributed by atoms with Crippen LogP contribution in [0.5, 0.6) is 0 Å². The van der Waals surface area contributed by atoms with Crippen LogP contribution >= 0.6 is 0 Å². The van der Waals surface area contributed by atoms with Crippen molar-refractivity contribution in [2.24, 2.45) is 0 Å². The van der Waals surface area contributed by atoms with E-state index >= 15 is 0 Å². The maximum Gasteiger partial charge on any atom is 0.150 e. The highest BCUT2D eigenvalue weighted by Crippen LogP contribution is 2.16. The van der Waals surface area contributed by atoms with Gasteiger partial charge in [-0.2, -0.15) is 0 Å². The Morgan fingerprint density at radius 2 is 2.12 bits per heavy atom. The second kappa shape index (κ2) is 5.55. The van der Waals surface area contributed by atoms with Crippen LogP contribution in [-0.4, -0.2) is 23.9 Å². The molecule has 1 aromatic heterocycles. The third-order valence-corrected chi connectivity index (χ3v) is 2.70. The number of nitrogens with zero attached hydrogens (tertiary/aromatic N) is 1. The zero-order valence-corrected chi connectivity index (χ0v) is 9.94. The maximum absolute atomic E-state index is 11.7. The number of nitrogens with one attached hydrogen (secondary N) is 1. The second-order valence-corrected chi connectivity index (χ2v) is 3.98. The first kappa shape index (κ1) is 11.7. The van der Waals surface area contributed by atoms with Gasteiger partial charge in [0.2, 0.25) is 0 Å². The van der Waals surface area contributed by atoms with Crippen LogP contribution in [0.25, 0.3) is 10.9 Å². The summed E-state index contributed by atoms with van der Waals surface area (Å²) in [5.74, 6) is 0.211. The summed E-state index contributed by atoms with van der Waals surface area (Å²) in [6.45, 7) is 3.26. The summed E-state index contributed by atoms with van der Waals surface area (Å²) >= 11 is 0. The van der Waals surface area contributed by atoms with Gasteiger partial charge in [0, 0.05) is 18.0 Å². The molecule has 0 radical (unpaired) electrons. The van der Waals surface area contributed by atoms with Crippen LogP contribution in [0, 0.1) is 0 Å². The van der Waals surface area contributed by atoms with Crippen molar-refractivity contribution in [3.63, 3.8) is 0 Å². The van der Waals surface area contributed by atoms with Crippen LogP contribution in [0.2, 0.25) is 0 Å². The molecule has 0 aliphatic heterocycles. The molecule has 0 bridgehead atoms. The smallest absolute Gasteiger partial charge is 0.150 e. The lowest BCUT2D eigenvalue weighted by Crippen LogP contribution is -2.23. The number of hydrogen-bond acceptors (Lipinski definition) is 3. The second-order valence-electron chi connectivity index (χ2n) is 3.98. The summed E-state index contributed by atoms with van der Waals surface area (Å²) in [5.41, 5.74) is 2.00. The summed E-state index contributed by atoms with van der Waals surface area (Å²) in [6, 6.07) is 9.83. The largest absolute Gasteiger partial charge is 0.310 e. The number of carbonyl (C=O) groups is 1. The summed E-state index contributed by atoms with van der Waals surface area (Å²) < 4.78 is 0. The zero-order valence-electron chi connectivity index (χ0n) is 9.94. The molecule has 3 nitrogen and oxygen atoms in total. The fourth-order valence-electron chi connectivity index (χ4n) is 1.85. The molecule has 0 unspecified atom stereocenters. The Labute approximate surface area is 101 Å². The molecule has 0 aliphatic carbocycles. The SMILES string of the molecule is CCNCC(=O)Cc1ccnc2ccccc12. The minimum Gasteiger partial charge on any atom is -0.310 e. The molecule has 0 saturated heterocycles. The molecule has 2 aromatic rings. The molecular weight excluding hydrogens is 212 g/mol. The topological polar surface area (TPSA) is 42.0 Å². The maximum atomic E-state index is 11.7. The fourth-order valence-corrected chi connectivity index (χ4v) is 1.85. The van der Waals surface area contributed by atoms with E-state index in [1.807, 2.05) is 37.3 Å². The summed E-state index contributed by atoms with van der Waals surface area (Å²) in [6.07, 6.45) is 2.23. The predicted octanol–water partition coefficient (Wildman–Crippen LogP) is 1.96. The predicted molar refractivity (Wildman–Crippen MR) is 69.0 cm³/mol. The Kier molecular flexibility index (Phi) is 3.83. The Morgan fingerprint density at radius 3 is 2.94 bits per heavy atom. The van der Waals surface area contributed by atoms with E-state index in [2.05, 4.69) is 10.3 Å². The third-order valence-electron chi connectivity index (χ3n) is 2.70. The summed E-state index contributed by atoms with van der Waals surface area (Å²) in [5, 5.41) is 4.12. The number of benzene rings is 1. The van der Waals surface area contributed by atoms with Crippen molar-refractivity contribution in [3.8, 4) is 0 Å². The summed E-state index contributed by atoms with van der Waals surface area (Å²) in [7, 11) is 0. The lowest BCUT2D eigenvalue weighted by atomic mass is 10.0. The Balaban J connectivity index is 2.21. The molecule has 0 fully saturated rings. The number of likely N-dealkylation sites (N-methyl/N-ethyl adjacent to an activating group) is 1. The molecule has 0 saturated carbocycles. The summed E-state index contributed by atoms with van der Waals surface area (Å²) in [4.78, 5) is 16.0. The van der Waals surface area contributed by atoms with Gasteiger partial charge < -0.3 is 5.32 Å². The quantitative estimate of drug-likeness (QED) is 0.850. The molecule has 0 atom stereocenters. The van der Waals surface area contributed by atoms with Crippen LogP contribution in [-0.2, 0) is 11.2 Å².